The van der Waals surface area contributed by atoms with Gasteiger partial charge >= 0.3 is 0 Å². The van der Waals surface area contributed by atoms with Crippen LogP contribution >= 0.6 is 0 Å². The molecule has 9 heteroatoms. The number of aromatic nitrogens is 3. The lowest BCUT2D eigenvalue weighted by atomic mass is 9.98. The fourth-order valence-corrected chi connectivity index (χ4v) is 2.47. The highest BCUT2D eigenvalue weighted by Crippen LogP contribution is 2.08. The van der Waals surface area contributed by atoms with Crippen LogP contribution in [0.1, 0.15) is 40.3 Å². The van der Waals surface area contributed by atoms with Gasteiger partial charge in [-0.3, -0.25) is 14.4 Å². The van der Waals surface area contributed by atoms with Crippen molar-refractivity contribution in [3.8, 4) is 0 Å². The van der Waals surface area contributed by atoms with Crippen LogP contribution in [0.5, 0.6) is 0 Å². The fourth-order valence-electron chi connectivity index (χ4n) is 2.47. The van der Waals surface area contributed by atoms with Crippen molar-refractivity contribution >= 4 is 17.6 Å². The molecule has 0 fully saturated rings. The quantitative estimate of drug-likeness (QED) is 0.515. The van der Waals surface area contributed by atoms with Crippen molar-refractivity contribution < 1.29 is 14.4 Å². The first-order valence-corrected chi connectivity index (χ1v) is 8.35. The van der Waals surface area contributed by atoms with Gasteiger partial charge in [0.25, 0.3) is 0 Å². The Balaban J connectivity index is 2.95. The lowest BCUT2D eigenvalue weighted by molar-refractivity contribution is -0.128. The highest BCUT2D eigenvalue weighted by Gasteiger charge is 2.25. The zero-order valence-corrected chi connectivity index (χ0v) is 15.4. The highest BCUT2D eigenvalue weighted by atomic mass is 16.2. The number of ketones is 1. The number of hydrogen-bond acceptors (Lipinski definition) is 6. The summed E-state index contributed by atoms with van der Waals surface area (Å²) < 4.78 is 1.53. The first kappa shape index (κ1) is 20.8. The number of amides is 2. The molecule has 1 aromatic heterocycles. The van der Waals surface area contributed by atoms with E-state index in [-0.39, 0.29) is 36.6 Å². The van der Waals surface area contributed by atoms with E-state index >= 15 is 0 Å². The van der Waals surface area contributed by atoms with Crippen molar-refractivity contribution in [1.29, 1.82) is 0 Å². The number of nitrogens with one attached hydrogen (secondary N) is 2. The van der Waals surface area contributed by atoms with E-state index in [9.17, 15) is 14.4 Å². The number of nitrogens with two attached hydrogens (primary N) is 1. The van der Waals surface area contributed by atoms with Crippen molar-refractivity contribution in [1.82, 2.24) is 25.6 Å². The normalized spacial score (nSPS) is 13.7. The third-order valence-corrected chi connectivity index (χ3v) is 3.63. The smallest absolute Gasteiger partial charge is 0.236 e. The summed E-state index contributed by atoms with van der Waals surface area (Å²) in [6, 6.07) is -1.21. The number of rotatable bonds is 10. The van der Waals surface area contributed by atoms with E-state index in [1.54, 1.807) is 13.8 Å². The summed E-state index contributed by atoms with van der Waals surface area (Å²) in [4.78, 5) is 35.4. The first-order valence-electron chi connectivity index (χ1n) is 8.35. The van der Waals surface area contributed by atoms with E-state index in [0.29, 0.717) is 5.69 Å². The standard InChI is InChI=1S/C16H28N6O3/c1-9(2)15(24)13(20-11(5)23)6-12-7-18-21-22(12)8-14(16(17)25)19-10(3)4/h7,9-10,13-14,19H,6,8H2,1-5H3,(H2,17,25)(H,20,23). The van der Waals surface area contributed by atoms with Crippen LogP contribution < -0.4 is 16.4 Å². The Hall–Kier alpha value is -2.29. The van der Waals surface area contributed by atoms with Crippen molar-refractivity contribution in [2.24, 2.45) is 11.7 Å². The number of carbonyl (C=O) groups is 3. The molecule has 0 radical (unpaired) electrons. The van der Waals surface area contributed by atoms with Gasteiger partial charge in [-0.15, -0.1) is 5.10 Å². The van der Waals surface area contributed by atoms with Gasteiger partial charge < -0.3 is 16.4 Å². The number of hydrogen-bond donors (Lipinski definition) is 3. The molecule has 0 saturated heterocycles. The van der Waals surface area contributed by atoms with Gasteiger partial charge in [0.1, 0.15) is 6.04 Å². The molecule has 9 nitrogen and oxygen atoms in total. The topological polar surface area (TPSA) is 132 Å². The molecule has 1 aromatic rings. The molecule has 0 aromatic carbocycles. The molecule has 0 bridgehead atoms. The van der Waals surface area contributed by atoms with Gasteiger partial charge in [0, 0.05) is 25.3 Å². The Labute approximate surface area is 147 Å². The van der Waals surface area contributed by atoms with Crippen molar-refractivity contribution in [2.45, 2.75) is 65.7 Å². The van der Waals surface area contributed by atoms with E-state index in [1.807, 2.05) is 13.8 Å². The van der Waals surface area contributed by atoms with Gasteiger partial charge in [-0.05, 0) is 0 Å². The molecular formula is C16H28N6O3. The Morgan fingerprint density at radius 1 is 1.20 bits per heavy atom. The Morgan fingerprint density at radius 3 is 2.32 bits per heavy atom. The van der Waals surface area contributed by atoms with E-state index in [1.165, 1.54) is 17.8 Å². The second kappa shape index (κ2) is 9.26. The molecule has 0 spiro atoms. The molecular weight excluding hydrogens is 324 g/mol. The molecule has 0 aliphatic rings. The molecule has 0 saturated carbocycles. The summed E-state index contributed by atoms with van der Waals surface area (Å²) in [6.45, 7) is 8.95. The number of carbonyl (C=O) groups excluding carboxylic acids is 3. The monoisotopic (exact) mass is 352 g/mol. The molecule has 2 unspecified atom stereocenters. The fraction of sp³-hybridized carbons (Fsp3) is 0.688. The minimum Gasteiger partial charge on any atom is -0.368 e. The summed E-state index contributed by atoms with van der Waals surface area (Å²) in [6.07, 6.45) is 1.77. The molecule has 2 atom stereocenters. The maximum absolute atomic E-state index is 12.3. The molecule has 2 amide bonds. The summed E-state index contributed by atoms with van der Waals surface area (Å²) in [5.74, 6) is -1.07. The maximum Gasteiger partial charge on any atom is 0.236 e. The van der Waals surface area contributed by atoms with E-state index in [2.05, 4.69) is 20.9 Å². The van der Waals surface area contributed by atoms with E-state index in [0.717, 1.165) is 0 Å². The summed E-state index contributed by atoms with van der Waals surface area (Å²) >= 11 is 0. The van der Waals surface area contributed by atoms with Gasteiger partial charge in [0.2, 0.25) is 11.8 Å². The predicted molar refractivity (Wildman–Crippen MR) is 92.4 cm³/mol. The molecule has 140 valence electrons. The van der Waals surface area contributed by atoms with Crippen LogP contribution in [0.25, 0.3) is 0 Å². The Morgan fingerprint density at radius 2 is 1.84 bits per heavy atom. The van der Waals surface area contributed by atoms with Crippen LogP contribution in [-0.2, 0) is 27.3 Å². The number of Topliss-reactive ketones (excluding diaryl/α,β-unsaturated/α-hetero) is 1. The average molecular weight is 352 g/mol. The van der Waals surface area contributed by atoms with Crippen molar-refractivity contribution in [3.63, 3.8) is 0 Å². The SMILES string of the molecule is CC(=O)NC(Cc1cnnn1CC(NC(C)C)C(N)=O)C(=O)C(C)C. The summed E-state index contributed by atoms with van der Waals surface area (Å²) in [7, 11) is 0. The maximum atomic E-state index is 12.3. The van der Waals surface area contributed by atoms with Crippen LogP contribution in [-0.4, -0.2) is 50.7 Å². The number of primary amides is 1. The largest absolute Gasteiger partial charge is 0.368 e. The zero-order chi connectivity index (χ0) is 19.1. The molecule has 1 heterocycles. The third-order valence-electron chi connectivity index (χ3n) is 3.63. The number of nitrogens with zero attached hydrogens (tertiary/aromatic N) is 3. The third kappa shape index (κ3) is 6.61. The average Bonchev–Trinajstić information content (AvgIpc) is 2.91. The van der Waals surface area contributed by atoms with Crippen molar-refractivity contribution in [3.05, 3.63) is 11.9 Å². The van der Waals surface area contributed by atoms with E-state index < -0.39 is 18.0 Å². The van der Waals surface area contributed by atoms with Crippen LogP contribution in [0, 0.1) is 5.92 Å². The van der Waals surface area contributed by atoms with Gasteiger partial charge in [0.05, 0.1) is 24.5 Å². The second-order valence-corrected chi connectivity index (χ2v) is 6.70. The lowest BCUT2D eigenvalue weighted by Gasteiger charge is -2.21. The van der Waals surface area contributed by atoms with Crippen LogP contribution in [0.3, 0.4) is 0 Å². The Kier molecular flexibility index (Phi) is 7.69. The minimum atomic E-state index is -0.667. The van der Waals surface area contributed by atoms with Gasteiger partial charge in [-0.2, -0.15) is 0 Å². The molecule has 4 N–H and O–H groups in total. The van der Waals surface area contributed by atoms with Crippen LogP contribution in [0.15, 0.2) is 6.20 Å². The van der Waals surface area contributed by atoms with Crippen molar-refractivity contribution in [2.75, 3.05) is 0 Å². The molecule has 25 heavy (non-hydrogen) atoms. The van der Waals surface area contributed by atoms with Gasteiger partial charge in [-0.1, -0.05) is 32.9 Å². The summed E-state index contributed by atoms with van der Waals surface area (Å²) in [5.41, 5.74) is 6.08. The molecule has 1 rings (SSSR count). The van der Waals surface area contributed by atoms with Crippen LogP contribution in [0.4, 0.5) is 0 Å². The molecule has 0 aliphatic heterocycles. The molecule has 0 aliphatic carbocycles. The highest BCUT2D eigenvalue weighted by molar-refractivity contribution is 5.89. The zero-order valence-electron chi connectivity index (χ0n) is 15.4. The Bertz CT molecular complexity index is 611. The first-order chi connectivity index (χ1) is 11.6. The van der Waals surface area contributed by atoms with Gasteiger partial charge in [-0.25, -0.2) is 4.68 Å². The second-order valence-electron chi connectivity index (χ2n) is 6.70. The van der Waals surface area contributed by atoms with Crippen LogP contribution in [0.2, 0.25) is 0 Å². The lowest BCUT2D eigenvalue weighted by Crippen LogP contribution is -2.48. The summed E-state index contributed by atoms with van der Waals surface area (Å²) in [5, 5.41) is 13.6. The predicted octanol–water partition coefficient (Wildman–Crippen LogP) is -0.598. The van der Waals surface area contributed by atoms with E-state index in [4.69, 9.17) is 5.73 Å². The van der Waals surface area contributed by atoms with Gasteiger partial charge in [0.15, 0.2) is 5.78 Å². The minimum absolute atomic E-state index is 0.0686.